The maximum absolute atomic E-state index is 13.6. The summed E-state index contributed by atoms with van der Waals surface area (Å²) in [7, 11) is 0. The van der Waals surface area contributed by atoms with Crippen molar-refractivity contribution < 1.29 is 87.2 Å². The number of Topliss-reactive ketones (excluding diaryl/α,β-unsaturated/α-hetero) is 1. The number of aliphatic hydroxyl groups excluding tert-OH is 3. The van der Waals surface area contributed by atoms with E-state index >= 15 is 0 Å². The minimum absolute atomic E-state index is 0. The summed E-state index contributed by atoms with van der Waals surface area (Å²) < 4.78 is 11.7. The molecule has 2 aromatic rings. The molecule has 1 saturated heterocycles. The van der Waals surface area contributed by atoms with E-state index in [9.17, 15) is 45.0 Å². The monoisotopic (exact) mass is 661 g/mol. The van der Waals surface area contributed by atoms with Crippen LogP contribution in [0.25, 0.3) is 0 Å². The molecule has 6 atom stereocenters. The number of rotatable bonds is 5. The molecule has 1 radical (unpaired) electrons. The predicted octanol–water partition coefficient (Wildman–Crippen LogP) is 0.323. The standard InChI is InChI=1S/C27H29NO11.C2H5.Y/c1-10-22(32)14(28)5-17(38-10)39-15-7-27(37,16(31)9-30)6-13-19(15)26(36)21-20(24(13)34)23(33)12-4-2-3-11(8-29)18(12)25(21)35;1-2;/h2-4,10,14-15,17,22,29-30,32,34,36-37H,5-9,28H2,1H3;1H2,2H3;/q;-1;/t10-,14-,15-,17-,22+,27-;;/m0../s1. The fraction of sp³-hybridized carbons (Fsp3) is 0.448. The number of aliphatic hydroxyl groups is 4. The van der Waals surface area contributed by atoms with E-state index < -0.39 is 102 Å². The van der Waals surface area contributed by atoms with Gasteiger partial charge in [-0.1, -0.05) is 18.2 Å². The Morgan fingerprint density at radius 2 is 1.76 bits per heavy atom. The molecule has 3 aliphatic rings. The van der Waals surface area contributed by atoms with Gasteiger partial charge in [0.05, 0.1) is 36.0 Å². The molecule has 0 unspecified atom stereocenters. The topological polar surface area (TPSA) is 217 Å². The third kappa shape index (κ3) is 5.60. The third-order valence-electron chi connectivity index (χ3n) is 7.88. The Hall–Kier alpha value is -2.13. The maximum atomic E-state index is 13.6. The number of ketones is 3. The van der Waals surface area contributed by atoms with Gasteiger partial charge >= 0.3 is 0 Å². The van der Waals surface area contributed by atoms with Crippen LogP contribution in [-0.4, -0.2) is 84.7 Å². The average molecular weight is 661 g/mol. The smallest absolute Gasteiger partial charge is 0.198 e. The number of fused-ring (bicyclic) bond motifs is 3. The van der Waals surface area contributed by atoms with E-state index in [1.807, 2.05) is 0 Å². The minimum Gasteiger partial charge on any atom is -0.507 e. The van der Waals surface area contributed by atoms with E-state index in [1.54, 1.807) is 13.8 Å². The molecule has 13 heteroatoms. The number of aromatic hydroxyl groups is 2. The average Bonchev–Trinajstić information content (AvgIpc) is 2.96. The van der Waals surface area contributed by atoms with Gasteiger partial charge in [-0.15, -0.1) is 0 Å². The Balaban J connectivity index is 0.00000158. The normalized spacial score (nSPS) is 28.0. The fourth-order valence-corrected chi connectivity index (χ4v) is 5.81. The van der Waals surface area contributed by atoms with Crippen molar-refractivity contribution in [3.63, 3.8) is 0 Å². The van der Waals surface area contributed by atoms with E-state index in [0.29, 0.717) is 0 Å². The third-order valence-corrected chi connectivity index (χ3v) is 7.88. The summed E-state index contributed by atoms with van der Waals surface area (Å²) in [6, 6.07) is 3.53. The molecule has 0 aromatic heterocycles. The van der Waals surface area contributed by atoms with Crippen LogP contribution < -0.4 is 5.73 Å². The van der Waals surface area contributed by atoms with Crippen LogP contribution in [0.15, 0.2) is 18.2 Å². The number of hydrogen-bond acceptors (Lipinski definition) is 12. The Morgan fingerprint density at radius 1 is 1.12 bits per heavy atom. The zero-order valence-corrected chi connectivity index (χ0v) is 26.1. The first-order chi connectivity index (χ1) is 19.4. The molecule has 12 nitrogen and oxygen atoms in total. The predicted molar refractivity (Wildman–Crippen MR) is 142 cm³/mol. The number of ether oxygens (including phenoxy) is 2. The van der Waals surface area contributed by atoms with Crippen LogP contribution in [0.2, 0.25) is 0 Å². The molecule has 2 aliphatic carbocycles. The van der Waals surface area contributed by atoms with Gasteiger partial charge in [0.1, 0.15) is 23.7 Å². The van der Waals surface area contributed by atoms with Crippen molar-refractivity contribution in [1.82, 2.24) is 0 Å². The first-order valence-corrected chi connectivity index (χ1v) is 13.2. The Kier molecular flexibility index (Phi) is 10.8. The minimum atomic E-state index is -2.25. The van der Waals surface area contributed by atoms with E-state index in [1.165, 1.54) is 18.2 Å². The summed E-state index contributed by atoms with van der Waals surface area (Å²) in [6.07, 6.45) is -5.21. The van der Waals surface area contributed by atoms with Crippen LogP contribution in [0.1, 0.15) is 81.3 Å². The van der Waals surface area contributed by atoms with E-state index in [4.69, 9.17) is 15.2 Å². The molecule has 2 aromatic carbocycles. The van der Waals surface area contributed by atoms with Gasteiger partial charge < -0.3 is 52.8 Å². The molecule has 1 fully saturated rings. The van der Waals surface area contributed by atoms with Crippen molar-refractivity contribution in [2.45, 2.75) is 76.0 Å². The van der Waals surface area contributed by atoms with Gasteiger partial charge in [-0.2, -0.15) is 6.92 Å². The van der Waals surface area contributed by atoms with Gasteiger partial charge in [-0.05, 0) is 12.5 Å². The maximum Gasteiger partial charge on any atom is 0.198 e. The first kappa shape index (κ1) is 34.4. The van der Waals surface area contributed by atoms with Crippen molar-refractivity contribution in [2.24, 2.45) is 5.73 Å². The Bertz CT molecular complexity index is 1380. The quantitative estimate of drug-likeness (QED) is 0.145. The molecule has 0 amide bonds. The van der Waals surface area contributed by atoms with Gasteiger partial charge in [0.2, 0.25) is 0 Å². The largest absolute Gasteiger partial charge is 0.507 e. The van der Waals surface area contributed by atoms with Crippen LogP contribution in [-0.2, 0) is 60.0 Å². The molecule has 0 spiro atoms. The van der Waals surface area contributed by atoms with Crippen LogP contribution in [0, 0.1) is 6.92 Å². The van der Waals surface area contributed by atoms with Gasteiger partial charge in [0.15, 0.2) is 23.6 Å². The number of hydrogen-bond donors (Lipinski definition) is 7. The molecule has 225 valence electrons. The van der Waals surface area contributed by atoms with Crippen molar-refractivity contribution in [1.29, 1.82) is 0 Å². The number of phenols is 2. The van der Waals surface area contributed by atoms with Crippen molar-refractivity contribution in [3.8, 4) is 11.5 Å². The zero-order valence-electron chi connectivity index (χ0n) is 23.2. The Labute approximate surface area is 267 Å². The number of phenolic OH excluding ortho intramolecular Hbond substituents is 2. The SMILES string of the molecule is C[C@@H]1O[C@@H](O[C@H]2C[C@](O)(C(=O)CO)Cc3c(O)c4c(c(O)c32)C(=O)c2c(CO)cccc2C4=O)C[C@H](N)[C@@H]1O.[CH2-]C.[Y]. The number of carbonyl (C=O) groups excluding carboxylic acids is 3. The van der Waals surface area contributed by atoms with E-state index in [-0.39, 0.29) is 66.9 Å². The van der Waals surface area contributed by atoms with Gasteiger partial charge in [0.25, 0.3) is 0 Å². The zero-order chi connectivity index (χ0) is 30.4. The molecule has 8 N–H and O–H groups in total. The number of carbonyl (C=O) groups is 3. The van der Waals surface area contributed by atoms with Gasteiger partial charge in [0, 0.05) is 80.3 Å². The van der Waals surface area contributed by atoms with Crippen molar-refractivity contribution in [3.05, 3.63) is 64.1 Å². The van der Waals surface area contributed by atoms with Crippen LogP contribution in [0.3, 0.4) is 0 Å². The molecular weight excluding hydrogens is 627 g/mol. The second-order valence-electron chi connectivity index (χ2n) is 10.3. The van der Waals surface area contributed by atoms with E-state index in [0.717, 1.165) is 0 Å². The second kappa shape index (κ2) is 13.2. The van der Waals surface area contributed by atoms with Gasteiger partial charge in [-0.3, -0.25) is 14.4 Å². The molecule has 1 heterocycles. The van der Waals surface area contributed by atoms with Gasteiger partial charge in [-0.25, -0.2) is 0 Å². The molecule has 0 saturated carbocycles. The first-order valence-electron chi connectivity index (χ1n) is 13.2. The summed E-state index contributed by atoms with van der Waals surface area (Å²) in [5.41, 5.74) is 2.35. The summed E-state index contributed by atoms with van der Waals surface area (Å²) in [6.45, 7) is 4.99. The molecule has 1 aliphatic heterocycles. The number of benzene rings is 2. The van der Waals surface area contributed by atoms with Crippen LogP contribution in [0.5, 0.6) is 11.5 Å². The molecule has 0 bridgehead atoms. The fourth-order valence-electron chi connectivity index (χ4n) is 5.81. The van der Waals surface area contributed by atoms with Crippen LogP contribution in [0.4, 0.5) is 0 Å². The van der Waals surface area contributed by atoms with Crippen LogP contribution >= 0.6 is 0 Å². The Morgan fingerprint density at radius 3 is 2.36 bits per heavy atom. The number of nitrogens with two attached hydrogens (primary N) is 1. The molecule has 5 rings (SSSR count). The molecule has 42 heavy (non-hydrogen) atoms. The second-order valence-corrected chi connectivity index (χ2v) is 10.3. The van der Waals surface area contributed by atoms with E-state index in [2.05, 4.69) is 6.92 Å². The van der Waals surface area contributed by atoms with Crippen molar-refractivity contribution in [2.75, 3.05) is 6.61 Å². The summed E-state index contributed by atoms with van der Waals surface area (Å²) >= 11 is 0. The summed E-state index contributed by atoms with van der Waals surface area (Å²) in [5.74, 6) is -4.00. The van der Waals surface area contributed by atoms with Crippen molar-refractivity contribution >= 4 is 17.3 Å². The molecular formula is C29H34NO11Y-. The summed E-state index contributed by atoms with van der Waals surface area (Å²) in [4.78, 5) is 39.7. The summed E-state index contributed by atoms with van der Waals surface area (Å²) in [5, 5.41) is 63.4.